The monoisotopic (exact) mass is 281 g/mol. The van der Waals surface area contributed by atoms with E-state index in [0.717, 1.165) is 5.56 Å². The Bertz CT molecular complexity index is 668. The standard InChI is InChI=1S/C13H12ClNO2S/c1-15-18(16,17)13-8-3-2-7-12(13)10-5-4-6-11(14)9-10/h2-9,15H,1H3. The molecule has 0 bridgehead atoms. The maximum absolute atomic E-state index is 11.9. The summed E-state index contributed by atoms with van der Waals surface area (Å²) in [6.45, 7) is 0. The van der Waals surface area contributed by atoms with Gasteiger partial charge in [0, 0.05) is 10.6 Å². The first-order chi connectivity index (χ1) is 8.54. The van der Waals surface area contributed by atoms with E-state index >= 15 is 0 Å². The van der Waals surface area contributed by atoms with E-state index in [1.165, 1.54) is 7.05 Å². The Kier molecular flexibility index (Phi) is 3.71. The summed E-state index contributed by atoms with van der Waals surface area (Å²) in [5.41, 5.74) is 1.41. The van der Waals surface area contributed by atoms with Gasteiger partial charge >= 0.3 is 0 Å². The smallest absolute Gasteiger partial charge is 0.214 e. The van der Waals surface area contributed by atoms with Crippen molar-refractivity contribution in [2.24, 2.45) is 0 Å². The SMILES string of the molecule is CNS(=O)(=O)c1ccccc1-c1cccc(Cl)c1. The maximum Gasteiger partial charge on any atom is 0.240 e. The Labute approximate surface area is 111 Å². The minimum atomic E-state index is -3.48. The van der Waals surface area contributed by atoms with Gasteiger partial charge in [0.15, 0.2) is 0 Å². The minimum absolute atomic E-state index is 0.245. The molecule has 0 aliphatic carbocycles. The Morgan fingerprint density at radius 1 is 1.06 bits per heavy atom. The molecular formula is C13H12ClNO2S. The van der Waals surface area contributed by atoms with Crippen molar-refractivity contribution in [1.82, 2.24) is 4.72 Å². The van der Waals surface area contributed by atoms with Gasteiger partial charge in [0.1, 0.15) is 0 Å². The summed E-state index contributed by atoms with van der Waals surface area (Å²) in [6, 6.07) is 13.9. The summed E-state index contributed by atoms with van der Waals surface area (Å²) in [5, 5.41) is 0.573. The second kappa shape index (κ2) is 5.10. The maximum atomic E-state index is 11.9. The van der Waals surface area contributed by atoms with Crippen LogP contribution in [0.15, 0.2) is 53.4 Å². The van der Waals surface area contributed by atoms with E-state index in [2.05, 4.69) is 4.72 Å². The van der Waals surface area contributed by atoms with Crippen LogP contribution in [0.4, 0.5) is 0 Å². The van der Waals surface area contributed by atoms with E-state index in [1.54, 1.807) is 42.5 Å². The molecule has 0 aliphatic heterocycles. The van der Waals surface area contributed by atoms with Crippen LogP contribution in [0.2, 0.25) is 5.02 Å². The van der Waals surface area contributed by atoms with Gasteiger partial charge in [-0.2, -0.15) is 0 Å². The molecule has 0 fully saturated rings. The summed E-state index contributed by atoms with van der Waals surface area (Å²) in [4.78, 5) is 0.245. The van der Waals surface area contributed by atoms with Crippen molar-refractivity contribution in [1.29, 1.82) is 0 Å². The van der Waals surface area contributed by atoms with Crippen LogP contribution in [0.25, 0.3) is 11.1 Å². The Morgan fingerprint density at radius 2 is 1.78 bits per heavy atom. The molecule has 0 radical (unpaired) electrons. The van der Waals surface area contributed by atoms with E-state index in [0.29, 0.717) is 10.6 Å². The van der Waals surface area contributed by atoms with Crippen molar-refractivity contribution in [2.45, 2.75) is 4.90 Å². The molecule has 0 heterocycles. The number of hydrogen-bond acceptors (Lipinski definition) is 2. The van der Waals surface area contributed by atoms with Gasteiger partial charge in [-0.3, -0.25) is 0 Å². The number of rotatable bonds is 3. The second-order valence-corrected chi connectivity index (χ2v) is 6.01. The number of sulfonamides is 1. The summed E-state index contributed by atoms with van der Waals surface area (Å²) < 4.78 is 26.2. The first kappa shape index (κ1) is 13.1. The highest BCUT2D eigenvalue weighted by Gasteiger charge is 2.16. The summed E-state index contributed by atoms with van der Waals surface area (Å²) in [7, 11) is -2.09. The molecule has 0 saturated heterocycles. The lowest BCUT2D eigenvalue weighted by Crippen LogP contribution is -2.19. The topological polar surface area (TPSA) is 46.2 Å². The molecule has 2 aromatic carbocycles. The van der Waals surface area contributed by atoms with E-state index in [1.807, 2.05) is 6.07 Å². The van der Waals surface area contributed by atoms with Gasteiger partial charge in [-0.1, -0.05) is 41.9 Å². The number of benzene rings is 2. The lowest BCUT2D eigenvalue weighted by Gasteiger charge is -2.09. The zero-order chi connectivity index (χ0) is 13.2. The Hall–Kier alpha value is -1.36. The van der Waals surface area contributed by atoms with E-state index in [9.17, 15) is 8.42 Å². The highest BCUT2D eigenvalue weighted by Crippen LogP contribution is 2.28. The Morgan fingerprint density at radius 3 is 2.44 bits per heavy atom. The average molecular weight is 282 g/mol. The molecule has 1 N–H and O–H groups in total. The van der Waals surface area contributed by atoms with Gasteiger partial charge in [0.05, 0.1) is 4.90 Å². The minimum Gasteiger partial charge on any atom is -0.214 e. The molecule has 0 aliphatic rings. The molecule has 3 nitrogen and oxygen atoms in total. The van der Waals surface area contributed by atoms with Gasteiger partial charge in [0.2, 0.25) is 10.0 Å². The van der Waals surface area contributed by atoms with Crippen LogP contribution in [-0.4, -0.2) is 15.5 Å². The van der Waals surface area contributed by atoms with Crippen molar-refractivity contribution in [3.8, 4) is 11.1 Å². The Balaban J connectivity index is 2.66. The third kappa shape index (κ3) is 2.56. The van der Waals surface area contributed by atoms with Crippen LogP contribution in [-0.2, 0) is 10.0 Å². The first-order valence-corrected chi connectivity index (χ1v) is 7.19. The fourth-order valence-corrected chi connectivity index (χ4v) is 2.85. The van der Waals surface area contributed by atoms with Crippen molar-refractivity contribution >= 4 is 21.6 Å². The first-order valence-electron chi connectivity index (χ1n) is 5.33. The average Bonchev–Trinajstić information content (AvgIpc) is 2.39. The van der Waals surface area contributed by atoms with Crippen LogP contribution in [0.3, 0.4) is 0 Å². The van der Waals surface area contributed by atoms with Gasteiger partial charge in [-0.25, -0.2) is 13.1 Å². The van der Waals surface area contributed by atoms with Crippen LogP contribution in [0.5, 0.6) is 0 Å². The molecule has 0 saturated carbocycles. The van der Waals surface area contributed by atoms with Crippen molar-refractivity contribution in [2.75, 3.05) is 7.05 Å². The molecule has 18 heavy (non-hydrogen) atoms. The van der Waals surface area contributed by atoms with Gasteiger partial charge in [-0.15, -0.1) is 0 Å². The lowest BCUT2D eigenvalue weighted by atomic mass is 10.1. The third-order valence-electron chi connectivity index (χ3n) is 2.58. The zero-order valence-electron chi connectivity index (χ0n) is 9.72. The van der Waals surface area contributed by atoms with Crippen LogP contribution >= 0.6 is 11.6 Å². The highest BCUT2D eigenvalue weighted by molar-refractivity contribution is 7.89. The number of halogens is 1. The van der Waals surface area contributed by atoms with E-state index < -0.39 is 10.0 Å². The van der Waals surface area contributed by atoms with Crippen LogP contribution < -0.4 is 4.72 Å². The highest BCUT2D eigenvalue weighted by atomic mass is 35.5. The predicted molar refractivity (Wildman–Crippen MR) is 73.1 cm³/mol. The van der Waals surface area contributed by atoms with Gasteiger partial charge in [0.25, 0.3) is 0 Å². The molecule has 2 aromatic rings. The van der Waals surface area contributed by atoms with E-state index in [-0.39, 0.29) is 4.90 Å². The molecule has 2 rings (SSSR count). The summed E-state index contributed by atoms with van der Waals surface area (Å²) in [6.07, 6.45) is 0. The van der Waals surface area contributed by atoms with Crippen molar-refractivity contribution in [3.63, 3.8) is 0 Å². The largest absolute Gasteiger partial charge is 0.240 e. The third-order valence-corrected chi connectivity index (χ3v) is 4.29. The molecule has 0 unspecified atom stereocenters. The van der Waals surface area contributed by atoms with Crippen LogP contribution in [0.1, 0.15) is 0 Å². The second-order valence-electron chi connectivity index (χ2n) is 3.71. The fourth-order valence-electron chi connectivity index (χ4n) is 1.71. The number of hydrogen-bond donors (Lipinski definition) is 1. The number of nitrogens with one attached hydrogen (secondary N) is 1. The molecule has 0 atom stereocenters. The molecule has 5 heteroatoms. The van der Waals surface area contributed by atoms with Gasteiger partial charge < -0.3 is 0 Å². The molecule has 0 aromatic heterocycles. The van der Waals surface area contributed by atoms with Gasteiger partial charge in [-0.05, 0) is 30.8 Å². The quantitative estimate of drug-likeness (QED) is 0.940. The molecular weight excluding hydrogens is 270 g/mol. The molecule has 0 amide bonds. The molecule has 94 valence electrons. The van der Waals surface area contributed by atoms with Crippen LogP contribution in [0, 0.1) is 0 Å². The zero-order valence-corrected chi connectivity index (χ0v) is 11.3. The fraction of sp³-hybridized carbons (Fsp3) is 0.0769. The van der Waals surface area contributed by atoms with Crippen molar-refractivity contribution < 1.29 is 8.42 Å². The van der Waals surface area contributed by atoms with Crippen molar-refractivity contribution in [3.05, 3.63) is 53.6 Å². The van der Waals surface area contributed by atoms with E-state index in [4.69, 9.17) is 11.6 Å². The molecule has 0 spiro atoms. The lowest BCUT2D eigenvalue weighted by molar-refractivity contribution is 0.588. The summed E-state index contributed by atoms with van der Waals surface area (Å²) in [5.74, 6) is 0. The summed E-state index contributed by atoms with van der Waals surface area (Å²) >= 11 is 5.93. The predicted octanol–water partition coefficient (Wildman–Crippen LogP) is 2.92. The normalized spacial score (nSPS) is 11.4.